The quantitative estimate of drug-likeness (QED) is 0.547. The fourth-order valence-corrected chi connectivity index (χ4v) is 4.61. The Labute approximate surface area is 184 Å². The van der Waals surface area contributed by atoms with Crippen LogP contribution in [0.5, 0.6) is 0 Å². The number of benzene rings is 1. The molecule has 1 saturated heterocycles. The highest BCUT2D eigenvalue weighted by atomic mass is 32.2. The second-order valence-electron chi connectivity index (χ2n) is 7.52. The zero-order valence-electron chi connectivity index (χ0n) is 17.8. The minimum absolute atomic E-state index is 0.221. The number of pyridine rings is 1. The van der Waals surface area contributed by atoms with Crippen LogP contribution in [-0.4, -0.2) is 50.7 Å². The number of hydrogen-bond acceptors (Lipinski definition) is 6. The Morgan fingerprint density at radius 2 is 2.06 bits per heavy atom. The van der Waals surface area contributed by atoms with Gasteiger partial charge in [-0.2, -0.15) is 5.10 Å². The van der Waals surface area contributed by atoms with Crippen molar-refractivity contribution in [2.75, 3.05) is 24.8 Å². The molecular formula is C22H27N5O3S. The van der Waals surface area contributed by atoms with Gasteiger partial charge in [0.2, 0.25) is 0 Å². The lowest BCUT2D eigenvalue weighted by Gasteiger charge is -2.25. The van der Waals surface area contributed by atoms with Gasteiger partial charge in [0.15, 0.2) is 10.5 Å². The number of carbonyl (C=O) groups is 1. The normalized spacial score (nSPS) is 15.7. The van der Waals surface area contributed by atoms with Crippen molar-refractivity contribution < 1.29 is 14.1 Å². The molecule has 8 nitrogen and oxygen atoms in total. The molecule has 2 aromatic heterocycles. The van der Waals surface area contributed by atoms with E-state index in [-0.39, 0.29) is 18.5 Å². The van der Waals surface area contributed by atoms with Crippen LogP contribution in [-0.2, 0) is 29.0 Å². The summed E-state index contributed by atoms with van der Waals surface area (Å²) in [5, 5.41) is 11.8. The fraction of sp³-hybridized carbons (Fsp3) is 0.409. The van der Waals surface area contributed by atoms with Crippen molar-refractivity contribution in [2.24, 2.45) is 0 Å². The Hall–Kier alpha value is -2.62. The summed E-state index contributed by atoms with van der Waals surface area (Å²) in [5.74, 6) is -0.232. The number of rotatable bonds is 7. The van der Waals surface area contributed by atoms with Crippen molar-refractivity contribution in [1.82, 2.24) is 20.1 Å². The number of ether oxygens (including phenoxy) is 1. The van der Waals surface area contributed by atoms with E-state index in [2.05, 4.69) is 20.7 Å². The number of fused-ring (bicyclic) bond motifs is 1. The highest BCUT2D eigenvalue weighted by molar-refractivity contribution is 7.90. The van der Waals surface area contributed by atoms with Gasteiger partial charge < -0.3 is 19.9 Å². The van der Waals surface area contributed by atoms with Gasteiger partial charge in [-0.15, -0.1) is 0 Å². The molecular weight excluding hydrogens is 414 g/mol. The van der Waals surface area contributed by atoms with E-state index in [1.54, 1.807) is 18.6 Å². The molecule has 1 aliphatic rings. The maximum absolute atomic E-state index is 13.2. The molecule has 4 rings (SSSR count). The van der Waals surface area contributed by atoms with Gasteiger partial charge >= 0.3 is 0 Å². The number of aromatic nitrogens is 3. The zero-order chi connectivity index (χ0) is 21.8. The molecule has 1 atom stereocenters. The SMILES string of the molecule is CCn1ncc2c(NC3CCOCC3)c(C(=O)NCc3ccccc3[S+](C)[O-])cnc21. The number of anilines is 1. The molecule has 164 valence electrons. The third kappa shape index (κ3) is 4.68. The monoisotopic (exact) mass is 441 g/mol. The highest BCUT2D eigenvalue weighted by Crippen LogP contribution is 2.28. The summed E-state index contributed by atoms with van der Waals surface area (Å²) in [6.45, 7) is 4.40. The van der Waals surface area contributed by atoms with Gasteiger partial charge in [0.25, 0.3) is 5.91 Å². The molecule has 1 amide bonds. The van der Waals surface area contributed by atoms with Crippen molar-refractivity contribution in [3.05, 3.63) is 47.8 Å². The Bertz CT molecular complexity index is 1060. The smallest absolute Gasteiger partial charge is 0.255 e. The fourth-order valence-electron chi connectivity index (χ4n) is 3.83. The van der Waals surface area contributed by atoms with Crippen LogP contribution >= 0.6 is 0 Å². The topological polar surface area (TPSA) is 104 Å². The third-order valence-corrected chi connectivity index (χ3v) is 6.52. The average Bonchev–Trinajstić information content (AvgIpc) is 3.22. The van der Waals surface area contributed by atoms with Crippen LogP contribution in [0.15, 0.2) is 41.6 Å². The van der Waals surface area contributed by atoms with Gasteiger partial charge in [-0.3, -0.25) is 4.79 Å². The van der Waals surface area contributed by atoms with Crippen LogP contribution in [0.25, 0.3) is 11.0 Å². The van der Waals surface area contributed by atoms with Gasteiger partial charge in [-0.1, -0.05) is 18.2 Å². The summed E-state index contributed by atoms with van der Waals surface area (Å²) in [7, 11) is 0. The van der Waals surface area contributed by atoms with E-state index in [1.807, 2.05) is 35.9 Å². The molecule has 3 aromatic rings. The van der Waals surface area contributed by atoms with Crippen LogP contribution in [0.3, 0.4) is 0 Å². The Morgan fingerprint density at radius 1 is 1.29 bits per heavy atom. The van der Waals surface area contributed by atoms with Crippen molar-refractivity contribution in [1.29, 1.82) is 0 Å². The minimum Gasteiger partial charge on any atom is -0.612 e. The van der Waals surface area contributed by atoms with Crippen LogP contribution in [0.2, 0.25) is 0 Å². The molecule has 0 aliphatic carbocycles. The van der Waals surface area contributed by atoms with E-state index in [9.17, 15) is 9.35 Å². The first-order chi connectivity index (χ1) is 15.1. The molecule has 2 N–H and O–H groups in total. The summed E-state index contributed by atoms with van der Waals surface area (Å²) >= 11 is -1.12. The number of nitrogens with one attached hydrogen (secondary N) is 2. The average molecular weight is 442 g/mol. The summed E-state index contributed by atoms with van der Waals surface area (Å²) in [6, 6.07) is 7.65. The number of carbonyl (C=O) groups excluding carboxylic acids is 1. The molecule has 0 bridgehead atoms. The maximum Gasteiger partial charge on any atom is 0.255 e. The van der Waals surface area contributed by atoms with Crippen LogP contribution in [0, 0.1) is 0 Å². The van der Waals surface area contributed by atoms with Crippen molar-refractivity contribution in [3.63, 3.8) is 0 Å². The predicted molar refractivity (Wildman–Crippen MR) is 121 cm³/mol. The van der Waals surface area contributed by atoms with Crippen molar-refractivity contribution >= 4 is 33.8 Å². The minimum atomic E-state index is -1.12. The van der Waals surface area contributed by atoms with E-state index in [4.69, 9.17) is 4.74 Å². The highest BCUT2D eigenvalue weighted by Gasteiger charge is 2.22. The Balaban J connectivity index is 1.62. The van der Waals surface area contributed by atoms with E-state index in [1.165, 1.54) is 0 Å². The van der Waals surface area contributed by atoms with Crippen LogP contribution in [0.4, 0.5) is 5.69 Å². The lowest BCUT2D eigenvalue weighted by Crippen LogP contribution is -2.30. The second kappa shape index (κ2) is 9.67. The molecule has 0 spiro atoms. The molecule has 1 aromatic carbocycles. The molecule has 1 unspecified atom stereocenters. The number of nitrogens with zero attached hydrogens (tertiary/aromatic N) is 3. The predicted octanol–water partition coefficient (Wildman–Crippen LogP) is 2.71. The first kappa shape index (κ1) is 21.6. The standard InChI is InChI=1S/C22H27N5O3S/c1-3-27-21-17(14-25-27)20(26-16-8-10-30-11-9-16)18(13-23-21)22(28)24-12-15-6-4-5-7-19(15)31(2)29/h4-7,13-14,16H,3,8-12H2,1-2H3,(H,23,26)(H,24,28). The molecule has 1 fully saturated rings. The van der Waals surface area contributed by atoms with Gasteiger partial charge in [0.05, 0.1) is 22.8 Å². The van der Waals surface area contributed by atoms with E-state index in [0.29, 0.717) is 25.3 Å². The summed E-state index contributed by atoms with van der Waals surface area (Å²) < 4.78 is 19.3. The number of hydrogen-bond donors (Lipinski definition) is 2. The van der Waals surface area contributed by atoms with Crippen LogP contribution in [0.1, 0.15) is 35.7 Å². The summed E-state index contributed by atoms with van der Waals surface area (Å²) in [5.41, 5.74) is 2.81. The Morgan fingerprint density at radius 3 is 2.81 bits per heavy atom. The molecule has 3 heterocycles. The first-order valence-electron chi connectivity index (χ1n) is 10.5. The van der Waals surface area contributed by atoms with Gasteiger partial charge in [-0.05, 0) is 37.0 Å². The van der Waals surface area contributed by atoms with E-state index < -0.39 is 11.2 Å². The molecule has 31 heavy (non-hydrogen) atoms. The summed E-state index contributed by atoms with van der Waals surface area (Å²) in [4.78, 5) is 18.4. The number of amides is 1. The van der Waals surface area contributed by atoms with Gasteiger partial charge in [0, 0.05) is 44.1 Å². The number of aryl methyl sites for hydroxylation is 1. The molecule has 1 aliphatic heterocycles. The summed E-state index contributed by atoms with van der Waals surface area (Å²) in [6.07, 6.45) is 6.77. The largest absolute Gasteiger partial charge is 0.612 e. The van der Waals surface area contributed by atoms with Gasteiger partial charge in [0.1, 0.15) is 6.26 Å². The zero-order valence-corrected chi connectivity index (χ0v) is 18.6. The lowest BCUT2D eigenvalue weighted by molar-refractivity contribution is 0.0904. The van der Waals surface area contributed by atoms with Gasteiger partial charge in [-0.25, -0.2) is 9.67 Å². The third-order valence-electron chi connectivity index (χ3n) is 5.50. The van der Waals surface area contributed by atoms with Crippen LogP contribution < -0.4 is 10.6 Å². The molecule has 9 heteroatoms. The lowest BCUT2D eigenvalue weighted by atomic mass is 10.1. The maximum atomic E-state index is 13.2. The Kier molecular flexibility index (Phi) is 6.74. The first-order valence-corrected chi connectivity index (χ1v) is 12.0. The van der Waals surface area contributed by atoms with E-state index >= 15 is 0 Å². The molecule has 0 radical (unpaired) electrons. The van der Waals surface area contributed by atoms with Crippen molar-refractivity contribution in [2.45, 2.75) is 43.8 Å². The van der Waals surface area contributed by atoms with E-state index in [0.717, 1.165) is 40.0 Å². The molecule has 0 saturated carbocycles. The van der Waals surface area contributed by atoms with Crippen molar-refractivity contribution in [3.8, 4) is 0 Å². The second-order valence-corrected chi connectivity index (χ2v) is 8.87.